The predicted octanol–water partition coefficient (Wildman–Crippen LogP) is 4.96. The average molecular weight is 568 g/mol. The van der Waals surface area contributed by atoms with E-state index in [0.29, 0.717) is 34.8 Å². The van der Waals surface area contributed by atoms with E-state index in [2.05, 4.69) is 39.5 Å². The number of rotatable bonds is 10. The zero-order chi connectivity index (χ0) is 30.0. The van der Waals surface area contributed by atoms with Gasteiger partial charge in [0, 0.05) is 59.6 Å². The molecule has 2 amide bonds. The number of amides is 2. The Morgan fingerprint density at radius 1 is 1.12 bits per heavy atom. The highest BCUT2D eigenvalue weighted by Crippen LogP contribution is 2.37. The maximum atomic E-state index is 13.0. The third kappa shape index (κ3) is 5.59. The maximum Gasteiger partial charge on any atom is 0.269 e. The lowest BCUT2D eigenvalue weighted by Gasteiger charge is -2.18. The molecule has 0 unspecified atom stereocenters. The Hall–Kier alpha value is -5.03. The predicted molar refractivity (Wildman–Crippen MR) is 163 cm³/mol. The van der Waals surface area contributed by atoms with Crippen LogP contribution in [0, 0.1) is 24.0 Å². The minimum atomic E-state index is -0.441. The number of aromatic nitrogens is 3. The normalized spacial score (nSPS) is 13.5. The topological polar surface area (TPSA) is 138 Å². The van der Waals surface area contributed by atoms with Crippen LogP contribution in [0.25, 0.3) is 28.5 Å². The SMILES string of the molecule is CCN(CC)CCNC(=O)c1c(C)[nH]c(/C=C2\C(=O)Nc3ccc(-c4cnn(-c5ccc([N+](=O)[O-])cc5)c4)cc32)c1C. The lowest BCUT2D eigenvalue weighted by Crippen LogP contribution is -2.35. The highest BCUT2D eigenvalue weighted by atomic mass is 16.6. The highest BCUT2D eigenvalue weighted by molar-refractivity contribution is 6.35. The number of aryl methyl sites for hydroxylation is 1. The summed E-state index contributed by atoms with van der Waals surface area (Å²) in [5.41, 5.74) is 7.14. The summed E-state index contributed by atoms with van der Waals surface area (Å²) in [4.78, 5) is 42.1. The van der Waals surface area contributed by atoms with E-state index in [-0.39, 0.29) is 17.5 Å². The highest BCUT2D eigenvalue weighted by Gasteiger charge is 2.26. The van der Waals surface area contributed by atoms with Crippen LogP contribution in [0.4, 0.5) is 11.4 Å². The minimum Gasteiger partial charge on any atom is -0.358 e. The average Bonchev–Trinajstić information content (AvgIpc) is 3.67. The largest absolute Gasteiger partial charge is 0.358 e. The van der Waals surface area contributed by atoms with Crippen LogP contribution < -0.4 is 10.6 Å². The van der Waals surface area contributed by atoms with Gasteiger partial charge in [0.2, 0.25) is 0 Å². The molecule has 0 saturated heterocycles. The number of H-pyrrole nitrogens is 1. The van der Waals surface area contributed by atoms with E-state index in [9.17, 15) is 19.7 Å². The summed E-state index contributed by atoms with van der Waals surface area (Å²) in [6.45, 7) is 11.1. The number of nitro groups is 1. The van der Waals surface area contributed by atoms with Crippen LogP contribution in [-0.2, 0) is 4.79 Å². The molecule has 1 aliphatic heterocycles. The van der Waals surface area contributed by atoms with Crippen LogP contribution >= 0.6 is 0 Å². The molecule has 0 radical (unpaired) electrons. The molecule has 1 aliphatic rings. The van der Waals surface area contributed by atoms with Crippen LogP contribution in [0.3, 0.4) is 0 Å². The van der Waals surface area contributed by atoms with E-state index in [1.807, 2.05) is 38.2 Å². The van der Waals surface area contributed by atoms with Crippen molar-refractivity contribution < 1.29 is 14.5 Å². The number of likely N-dealkylation sites (N-methyl/N-ethyl adjacent to an activating group) is 1. The number of hydrogen-bond donors (Lipinski definition) is 3. The van der Waals surface area contributed by atoms with Crippen molar-refractivity contribution in [2.24, 2.45) is 0 Å². The first-order chi connectivity index (χ1) is 20.2. The van der Waals surface area contributed by atoms with Gasteiger partial charge in [0.15, 0.2) is 0 Å². The molecule has 3 heterocycles. The second kappa shape index (κ2) is 11.8. The molecule has 2 aromatic carbocycles. The van der Waals surface area contributed by atoms with Crippen LogP contribution in [0.1, 0.15) is 46.7 Å². The molecule has 0 spiro atoms. The van der Waals surface area contributed by atoms with E-state index < -0.39 is 4.92 Å². The number of nitrogens with zero attached hydrogens (tertiary/aromatic N) is 4. The van der Waals surface area contributed by atoms with Gasteiger partial charge in [-0.25, -0.2) is 4.68 Å². The molecule has 11 nitrogen and oxygen atoms in total. The van der Waals surface area contributed by atoms with E-state index in [1.54, 1.807) is 29.1 Å². The fourth-order valence-electron chi connectivity index (χ4n) is 5.21. The van der Waals surface area contributed by atoms with Gasteiger partial charge in [-0.1, -0.05) is 19.9 Å². The second-order valence-electron chi connectivity index (χ2n) is 10.2. The maximum absolute atomic E-state index is 13.0. The van der Waals surface area contributed by atoms with Crippen molar-refractivity contribution in [1.82, 2.24) is 25.0 Å². The number of carbonyl (C=O) groups excluding carboxylic acids is 2. The summed E-state index contributed by atoms with van der Waals surface area (Å²) >= 11 is 0. The number of fused-ring (bicyclic) bond motifs is 1. The Morgan fingerprint density at radius 2 is 1.86 bits per heavy atom. The summed E-state index contributed by atoms with van der Waals surface area (Å²) in [7, 11) is 0. The van der Waals surface area contributed by atoms with Crippen molar-refractivity contribution in [3.05, 3.63) is 93.1 Å². The van der Waals surface area contributed by atoms with Gasteiger partial charge >= 0.3 is 0 Å². The van der Waals surface area contributed by atoms with Gasteiger partial charge in [-0.15, -0.1) is 0 Å². The van der Waals surface area contributed by atoms with Gasteiger partial charge in [-0.2, -0.15) is 5.10 Å². The van der Waals surface area contributed by atoms with Crippen LogP contribution in [0.2, 0.25) is 0 Å². The summed E-state index contributed by atoms with van der Waals surface area (Å²) in [6.07, 6.45) is 5.33. The van der Waals surface area contributed by atoms with Crippen molar-refractivity contribution in [3.8, 4) is 16.8 Å². The standard InChI is InChI=1S/C31H33N7O4/c1-5-36(6-2)14-13-32-31(40)29-19(3)28(34-20(29)4)16-26-25-15-21(7-12-27(25)35-30(26)39)22-17-33-37(18-22)23-8-10-24(11-9-23)38(41)42/h7-12,15-18,34H,5-6,13-14H2,1-4H3,(H,32,40)(H,35,39)/b26-16-. The van der Waals surface area contributed by atoms with E-state index in [4.69, 9.17) is 0 Å². The summed E-state index contributed by atoms with van der Waals surface area (Å²) in [6, 6.07) is 11.8. The molecular formula is C31H33N7O4. The van der Waals surface area contributed by atoms with Gasteiger partial charge in [-0.05, 0) is 68.4 Å². The molecule has 0 saturated carbocycles. The molecule has 0 bridgehead atoms. The molecule has 0 aliphatic carbocycles. The lowest BCUT2D eigenvalue weighted by atomic mass is 10.00. The van der Waals surface area contributed by atoms with Crippen LogP contribution in [0.15, 0.2) is 54.9 Å². The first kappa shape index (κ1) is 28.5. The van der Waals surface area contributed by atoms with Crippen LogP contribution in [0.5, 0.6) is 0 Å². The molecule has 42 heavy (non-hydrogen) atoms. The minimum absolute atomic E-state index is 0.0109. The van der Waals surface area contributed by atoms with E-state index in [0.717, 1.165) is 47.6 Å². The van der Waals surface area contributed by atoms with E-state index in [1.165, 1.54) is 12.1 Å². The number of nitrogens with one attached hydrogen (secondary N) is 3. The molecule has 2 aromatic heterocycles. The van der Waals surface area contributed by atoms with E-state index >= 15 is 0 Å². The first-order valence-corrected chi connectivity index (χ1v) is 13.9. The Balaban J connectivity index is 1.39. The fraction of sp³-hybridized carbons (Fsp3) is 0.258. The second-order valence-corrected chi connectivity index (χ2v) is 10.2. The third-order valence-electron chi connectivity index (χ3n) is 7.64. The number of aromatic amines is 1. The third-order valence-corrected chi connectivity index (χ3v) is 7.64. The van der Waals surface area contributed by atoms with Gasteiger partial charge in [0.25, 0.3) is 17.5 Å². The molecule has 11 heteroatoms. The number of anilines is 1. The molecule has 3 N–H and O–H groups in total. The number of carbonyl (C=O) groups is 2. The summed E-state index contributed by atoms with van der Waals surface area (Å²) in [5, 5.41) is 21.3. The van der Waals surface area contributed by atoms with Crippen molar-refractivity contribution in [2.45, 2.75) is 27.7 Å². The quantitative estimate of drug-likeness (QED) is 0.141. The molecular weight excluding hydrogens is 534 g/mol. The first-order valence-electron chi connectivity index (χ1n) is 13.9. The monoisotopic (exact) mass is 567 g/mol. The Morgan fingerprint density at radius 3 is 2.55 bits per heavy atom. The number of nitro benzene ring substituents is 1. The van der Waals surface area contributed by atoms with Crippen molar-refractivity contribution in [2.75, 3.05) is 31.5 Å². The summed E-state index contributed by atoms with van der Waals surface area (Å²) < 4.78 is 1.64. The number of hydrogen-bond acceptors (Lipinski definition) is 6. The zero-order valence-electron chi connectivity index (χ0n) is 24.0. The van der Waals surface area contributed by atoms with Crippen molar-refractivity contribution in [1.29, 1.82) is 0 Å². The molecule has 0 atom stereocenters. The number of non-ortho nitro benzene ring substituents is 1. The van der Waals surface area contributed by atoms with Gasteiger partial charge < -0.3 is 20.5 Å². The Kier molecular flexibility index (Phi) is 8.03. The molecule has 4 aromatic rings. The fourth-order valence-corrected chi connectivity index (χ4v) is 5.21. The summed E-state index contributed by atoms with van der Waals surface area (Å²) in [5.74, 6) is -0.359. The molecule has 216 valence electrons. The zero-order valence-corrected chi connectivity index (χ0v) is 24.0. The smallest absolute Gasteiger partial charge is 0.269 e. The molecule has 0 fully saturated rings. The van der Waals surface area contributed by atoms with Gasteiger partial charge in [0.1, 0.15) is 0 Å². The Bertz CT molecular complexity index is 1690. The van der Waals surface area contributed by atoms with Gasteiger partial charge in [0.05, 0.1) is 27.9 Å². The molecule has 5 rings (SSSR count). The lowest BCUT2D eigenvalue weighted by molar-refractivity contribution is -0.384. The van der Waals surface area contributed by atoms with Crippen molar-refractivity contribution in [3.63, 3.8) is 0 Å². The van der Waals surface area contributed by atoms with Gasteiger partial charge in [-0.3, -0.25) is 19.7 Å². The van der Waals surface area contributed by atoms with Crippen molar-refractivity contribution >= 4 is 34.8 Å². The number of benzene rings is 2. The Labute approximate surface area is 243 Å². The van der Waals surface area contributed by atoms with Crippen LogP contribution in [-0.4, -0.2) is 62.6 Å².